The maximum atomic E-state index is 12.8. The van der Waals surface area contributed by atoms with Crippen molar-refractivity contribution >= 4 is 106 Å². The summed E-state index contributed by atoms with van der Waals surface area (Å²) in [5.74, 6) is -2.05. The van der Waals surface area contributed by atoms with Crippen molar-refractivity contribution in [1.82, 2.24) is 14.8 Å². The SMILES string of the molecule is Cc1ccc2nc(N=Nc3cc(OCCCS(=O)(=O)O)c(N=Nc4ccc5c(S(=O)(=O)O)c(N=Nc6cnn(-c7cc(S(=O)(=O)O)cc(S(=O)(=O)O)c7)c6O)ccc5c4O)cc3C)sc2c1. The third-order valence-electron chi connectivity index (χ3n) is 9.16. The molecule has 0 radical (unpaired) electrons. The van der Waals surface area contributed by atoms with Gasteiger partial charge < -0.3 is 14.9 Å². The highest BCUT2D eigenvalue weighted by molar-refractivity contribution is 7.87. The van der Waals surface area contributed by atoms with Gasteiger partial charge in [-0.05, 0) is 86.0 Å². The minimum absolute atomic E-state index is 0.0589. The largest absolute Gasteiger partial charge is 0.505 e. The third kappa shape index (κ3) is 10.7. The van der Waals surface area contributed by atoms with Crippen molar-refractivity contribution in [3.05, 3.63) is 90.1 Å². The number of fused-ring (bicyclic) bond motifs is 2. The van der Waals surface area contributed by atoms with E-state index in [9.17, 15) is 62.1 Å². The smallest absolute Gasteiger partial charge is 0.297 e. The van der Waals surface area contributed by atoms with Crippen molar-refractivity contribution in [2.45, 2.75) is 35.0 Å². The van der Waals surface area contributed by atoms with Gasteiger partial charge in [0, 0.05) is 16.8 Å². The molecule has 5 aromatic carbocycles. The van der Waals surface area contributed by atoms with E-state index >= 15 is 0 Å². The van der Waals surface area contributed by atoms with E-state index in [0.29, 0.717) is 39.3 Å². The number of rotatable bonds is 15. The molecule has 0 saturated carbocycles. The van der Waals surface area contributed by atoms with Gasteiger partial charge in [0.25, 0.3) is 40.5 Å². The van der Waals surface area contributed by atoms with E-state index in [1.54, 1.807) is 6.92 Å². The highest BCUT2D eigenvalue weighted by atomic mass is 32.2. The van der Waals surface area contributed by atoms with Crippen molar-refractivity contribution in [3.8, 4) is 23.1 Å². The minimum Gasteiger partial charge on any atom is -0.505 e. The van der Waals surface area contributed by atoms with Gasteiger partial charge in [-0.1, -0.05) is 23.5 Å². The number of hydrogen-bond acceptors (Lipinski definition) is 20. The molecule has 0 spiro atoms. The maximum Gasteiger partial charge on any atom is 0.297 e. The van der Waals surface area contributed by atoms with Gasteiger partial charge in [0.1, 0.15) is 27.7 Å². The fourth-order valence-electron chi connectivity index (χ4n) is 6.10. The quantitative estimate of drug-likeness (QED) is 0.0319. The molecular formula is C37H31N9O15S5. The molecule has 344 valence electrons. The van der Waals surface area contributed by atoms with Gasteiger partial charge in [0.05, 0.1) is 49.9 Å². The monoisotopic (exact) mass is 1000 g/mol. The number of azo groups is 3. The first-order valence-corrected chi connectivity index (χ1v) is 25.1. The lowest BCUT2D eigenvalue weighted by Gasteiger charge is -2.11. The van der Waals surface area contributed by atoms with E-state index in [4.69, 9.17) is 4.74 Å². The molecular weight excluding hydrogens is 971 g/mol. The Hall–Kier alpha value is -6.70. The zero-order valence-electron chi connectivity index (χ0n) is 33.6. The van der Waals surface area contributed by atoms with E-state index in [2.05, 4.69) is 40.8 Å². The second-order valence-corrected chi connectivity index (χ2v) is 20.7. The van der Waals surface area contributed by atoms with E-state index in [1.807, 2.05) is 25.1 Å². The summed E-state index contributed by atoms with van der Waals surface area (Å²) in [7, 11) is -19.5. The van der Waals surface area contributed by atoms with Crippen LogP contribution >= 0.6 is 11.3 Å². The first-order valence-electron chi connectivity index (χ1n) is 18.3. The third-order valence-corrected chi connectivity index (χ3v) is 13.5. The first kappa shape index (κ1) is 47.3. The molecule has 24 nitrogen and oxygen atoms in total. The summed E-state index contributed by atoms with van der Waals surface area (Å²) in [5.41, 5.74) is 1.03. The highest BCUT2D eigenvalue weighted by Gasteiger charge is 2.24. The number of nitrogens with zero attached hydrogens (tertiary/aromatic N) is 9. The molecule has 7 aromatic rings. The lowest BCUT2D eigenvalue weighted by atomic mass is 10.1. The van der Waals surface area contributed by atoms with Gasteiger partial charge >= 0.3 is 0 Å². The summed E-state index contributed by atoms with van der Waals surface area (Å²) < 4.78 is 141. The number of aromatic nitrogens is 3. The molecule has 66 heavy (non-hydrogen) atoms. The van der Waals surface area contributed by atoms with Crippen LogP contribution in [0.5, 0.6) is 17.4 Å². The second kappa shape index (κ2) is 17.9. The Kier molecular flexibility index (Phi) is 12.8. The maximum absolute atomic E-state index is 12.8. The predicted molar refractivity (Wildman–Crippen MR) is 235 cm³/mol. The summed E-state index contributed by atoms with van der Waals surface area (Å²) in [6.45, 7) is 3.45. The molecule has 0 unspecified atom stereocenters. The van der Waals surface area contributed by atoms with E-state index in [-0.39, 0.29) is 40.9 Å². The number of phenolic OH excluding ortho intramolecular Hbond substituents is 1. The van der Waals surface area contributed by atoms with Crippen LogP contribution in [0.15, 0.2) is 124 Å². The average Bonchev–Trinajstić information content (AvgIpc) is 3.81. The predicted octanol–water partition coefficient (Wildman–Crippen LogP) is 8.31. The lowest BCUT2D eigenvalue weighted by Crippen LogP contribution is -2.08. The molecule has 0 saturated heterocycles. The topological polar surface area (TPSA) is 372 Å². The van der Waals surface area contributed by atoms with Crippen molar-refractivity contribution in [3.63, 3.8) is 0 Å². The Morgan fingerprint density at radius 3 is 1.94 bits per heavy atom. The second-order valence-electron chi connectivity index (χ2n) is 14.0. The van der Waals surface area contributed by atoms with Crippen LogP contribution in [-0.2, 0) is 40.5 Å². The number of benzene rings is 5. The van der Waals surface area contributed by atoms with Crippen LogP contribution in [0, 0.1) is 13.8 Å². The number of aromatic hydroxyl groups is 2. The van der Waals surface area contributed by atoms with Gasteiger partial charge in [-0.25, -0.2) is 4.98 Å². The van der Waals surface area contributed by atoms with Crippen LogP contribution in [0.25, 0.3) is 26.7 Å². The van der Waals surface area contributed by atoms with Gasteiger partial charge in [-0.3, -0.25) is 18.2 Å². The molecule has 0 fully saturated rings. The zero-order chi connectivity index (χ0) is 47.9. The number of thiazole rings is 1. The minimum atomic E-state index is -5.15. The van der Waals surface area contributed by atoms with Crippen LogP contribution < -0.4 is 4.74 Å². The molecule has 0 amide bonds. The van der Waals surface area contributed by atoms with E-state index in [1.165, 1.54) is 35.6 Å². The summed E-state index contributed by atoms with van der Waals surface area (Å²) in [6, 6.07) is 15.2. The van der Waals surface area contributed by atoms with Gasteiger partial charge in [-0.2, -0.15) is 43.5 Å². The summed E-state index contributed by atoms with van der Waals surface area (Å²) in [6.07, 6.45) is 0.747. The van der Waals surface area contributed by atoms with Crippen LogP contribution in [0.3, 0.4) is 0 Å². The Labute approximate surface area is 377 Å². The Morgan fingerprint density at radius 2 is 1.27 bits per heavy atom. The molecule has 29 heteroatoms. The van der Waals surface area contributed by atoms with Crippen LogP contribution in [0.4, 0.5) is 33.6 Å². The first-order chi connectivity index (χ1) is 30.9. The van der Waals surface area contributed by atoms with Crippen molar-refractivity contribution in [2.75, 3.05) is 12.4 Å². The number of aryl methyl sites for hydroxylation is 2. The molecule has 2 heterocycles. The molecule has 0 aliphatic carbocycles. The Balaban J connectivity index is 1.21. The normalized spacial score (nSPS) is 13.0. The van der Waals surface area contributed by atoms with Crippen molar-refractivity contribution in [2.24, 2.45) is 30.7 Å². The number of hydrogen-bond donors (Lipinski definition) is 6. The van der Waals surface area contributed by atoms with Crippen molar-refractivity contribution in [1.29, 1.82) is 0 Å². The average molecular weight is 1000 g/mol. The van der Waals surface area contributed by atoms with E-state index < -0.39 is 89.6 Å². The molecule has 0 bridgehead atoms. The standard InChI is InChI=1S/C37H31N9O15S5/c1-19-4-7-26-33(12-19)62-37(39-26)45-42-29-17-32(61-10-3-11-63(49,50)51)30(13-20(29)2)43-40-27-8-6-25-24(34(27)47)5-9-28(35(25)66(58,59)60)41-44-31-18-38-46(36(31)48)21-14-22(64(52,53)54)16-23(15-21)65(55,56)57/h4-9,12-18,47-48H,3,10-11H2,1-2H3,(H,49,50,51)(H,52,53,54)(H,55,56,57)(H,58,59,60). The molecule has 0 aliphatic rings. The number of ether oxygens (including phenoxy) is 1. The molecule has 6 N–H and O–H groups in total. The highest BCUT2D eigenvalue weighted by Crippen LogP contribution is 2.44. The van der Waals surface area contributed by atoms with Crippen LogP contribution in [0.2, 0.25) is 0 Å². The summed E-state index contributed by atoms with van der Waals surface area (Å²) in [5, 5.41) is 50.4. The molecule has 2 aromatic heterocycles. The lowest BCUT2D eigenvalue weighted by molar-refractivity contribution is 0.317. The molecule has 7 rings (SSSR count). The fourth-order valence-corrected chi connectivity index (χ4v) is 9.46. The van der Waals surface area contributed by atoms with E-state index in [0.717, 1.165) is 34.1 Å². The van der Waals surface area contributed by atoms with Gasteiger partial charge in [0.2, 0.25) is 11.0 Å². The van der Waals surface area contributed by atoms with Crippen LogP contribution in [-0.4, -0.2) is 89.2 Å². The molecule has 0 aliphatic heterocycles. The summed E-state index contributed by atoms with van der Waals surface area (Å²) in [4.78, 5) is 1.64. The van der Waals surface area contributed by atoms with Gasteiger partial charge in [0.15, 0.2) is 11.4 Å². The van der Waals surface area contributed by atoms with Crippen molar-refractivity contribution < 1.29 is 66.8 Å². The summed E-state index contributed by atoms with van der Waals surface area (Å²) >= 11 is 1.33. The Bertz CT molecular complexity index is 3620. The zero-order valence-corrected chi connectivity index (χ0v) is 37.6. The van der Waals surface area contributed by atoms with Gasteiger partial charge in [-0.15, -0.1) is 30.7 Å². The molecule has 0 atom stereocenters. The number of phenols is 1. The van der Waals surface area contributed by atoms with Crippen LogP contribution in [0.1, 0.15) is 17.5 Å². The Morgan fingerprint density at radius 1 is 0.652 bits per heavy atom. The fraction of sp³-hybridized carbons (Fsp3) is 0.135.